The van der Waals surface area contributed by atoms with Gasteiger partial charge in [-0.1, -0.05) is 6.42 Å². The molecule has 2 aliphatic carbocycles. The Bertz CT molecular complexity index is 243. The fourth-order valence-electron chi connectivity index (χ4n) is 1.90. The molecule has 0 aromatic carbocycles. The summed E-state index contributed by atoms with van der Waals surface area (Å²) in [5.74, 6) is -0.562. The van der Waals surface area contributed by atoms with Crippen molar-refractivity contribution in [2.24, 2.45) is 5.92 Å². The van der Waals surface area contributed by atoms with E-state index in [0.29, 0.717) is 0 Å². The smallest absolute Gasteiger partial charge is 0.194 e. The van der Waals surface area contributed by atoms with Gasteiger partial charge in [-0.3, -0.25) is 4.79 Å². The lowest BCUT2D eigenvalue weighted by Crippen LogP contribution is -2.06. The van der Waals surface area contributed by atoms with Gasteiger partial charge in [0.15, 0.2) is 11.6 Å². The topological polar surface area (TPSA) is 17.1 Å². The molecule has 0 atom stereocenters. The van der Waals surface area contributed by atoms with E-state index in [1.54, 1.807) is 0 Å². The van der Waals surface area contributed by atoms with Gasteiger partial charge in [-0.15, -0.1) is 0 Å². The van der Waals surface area contributed by atoms with E-state index in [4.69, 9.17) is 0 Å². The molecule has 2 aliphatic rings. The summed E-state index contributed by atoms with van der Waals surface area (Å²) in [7, 11) is 0. The molecule has 0 saturated heterocycles. The lowest BCUT2D eigenvalue weighted by atomic mass is 9.93. The van der Waals surface area contributed by atoms with Gasteiger partial charge in [0.1, 0.15) is 0 Å². The monoisotopic (exact) mass is 182 g/mol. The van der Waals surface area contributed by atoms with Crippen LogP contribution in [-0.2, 0) is 4.79 Å². The van der Waals surface area contributed by atoms with Gasteiger partial charge >= 0.3 is 0 Å². The van der Waals surface area contributed by atoms with Crippen LogP contribution in [0.3, 0.4) is 0 Å². The van der Waals surface area contributed by atoms with E-state index in [2.05, 4.69) is 0 Å². The van der Waals surface area contributed by atoms with Gasteiger partial charge in [0, 0.05) is 5.92 Å². The van der Waals surface area contributed by atoms with Crippen LogP contribution >= 0.6 is 0 Å². The molecule has 0 aliphatic heterocycles. The lowest BCUT2D eigenvalue weighted by molar-refractivity contribution is -0.118. The van der Waals surface area contributed by atoms with Gasteiger partial charge in [-0.25, -0.2) is 4.39 Å². The molecule has 0 N–H and O–H groups in total. The number of carbonyl (C=O) groups is 1. The van der Waals surface area contributed by atoms with Crippen molar-refractivity contribution in [3.05, 3.63) is 11.4 Å². The third kappa shape index (κ3) is 1.98. The van der Waals surface area contributed by atoms with Gasteiger partial charge in [-0.2, -0.15) is 0 Å². The lowest BCUT2D eigenvalue weighted by Gasteiger charge is -2.14. The van der Waals surface area contributed by atoms with Crippen molar-refractivity contribution in [1.82, 2.24) is 0 Å². The molecule has 2 saturated carbocycles. The highest BCUT2D eigenvalue weighted by molar-refractivity contribution is 5.97. The largest absolute Gasteiger partial charge is 0.291 e. The van der Waals surface area contributed by atoms with Crippen molar-refractivity contribution in [3.8, 4) is 0 Å². The molecule has 0 aromatic heterocycles. The number of allylic oxidation sites excluding steroid dienone is 2. The van der Waals surface area contributed by atoms with Crippen LogP contribution in [0.15, 0.2) is 11.4 Å². The standard InChI is InChI=1S/C11H15FO/c12-10(11(13)9-6-7-9)8-4-2-1-3-5-8/h9H,1-7H2. The maximum absolute atomic E-state index is 13.5. The number of ketones is 1. The SMILES string of the molecule is O=C(C(F)=C1CCCCC1)C1CC1. The number of halogens is 1. The maximum Gasteiger partial charge on any atom is 0.194 e. The Hall–Kier alpha value is -0.660. The third-order valence-corrected chi connectivity index (χ3v) is 2.93. The molecule has 0 heterocycles. The molecular formula is C11H15FO. The number of hydrogen-bond donors (Lipinski definition) is 0. The second-order valence-corrected chi connectivity index (χ2v) is 4.12. The maximum atomic E-state index is 13.5. The number of hydrogen-bond acceptors (Lipinski definition) is 1. The predicted molar refractivity (Wildman–Crippen MR) is 49.0 cm³/mol. The Labute approximate surface area is 78.0 Å². The van der Waals surface area contributed by atoms with Crippen LogP contribution in [0.4, 0.5) is 4.39 Å². The number of carbonyl (C=O) groups excluding carboxylic acids is 1. The minimum absolute atomic E-state index is 0.0365. The summed E-state index contributed by atoms with van der Waals surface area (Å²) in [6.45, 7) is 0. The highest BCUT2D eigenvalue weighted by atomic mass is 19.1. The van der Waals surface area contributed by atoms with E-state index >= 15 is 0 Å². The van der Waals surface area contributed by atoms with E-state index in [1.807, 2.05) is 0 Å². The Balaban J connectivity index is 2.06. The molecule has 1 nitrogen and oxygen atoms in total. The van der Waals surface area contributed by atoms with Crippen molar-refractivity contribution < 1.29 is 9.18 Å². The van der Waals surface area contributed by atoms with E-state index in [9.17, 15) is 9.18 Å². The Morgan fingerprint density at radius 1 is 1.15 bits per heavy atom. The molecular weight excluding hydrogens is 167 g/mol. The zero-order valence-electron chi connectivity index (χ0n) is 7.81. The molecule has 2 rings (SSSR count). The van der Waals surface area contributed by atoms with Crippen molar-refractivity contribution in [1.29, 1.82) is 0 Å². The van der Waals surface area contributed by atoms with Gasteiger partial charge in [0.25, 0.3) is 0 Å². The summed E-state index contributed by atoms with van der Waals surface area (Å²) in [5, 5.41) is 0. The first kappa shape index (κ1) is 8.92. The zero-order chi connectivity index (χ0) is 9.26. The van der Waals surface area contributed by atoms with Crippen molar-refractivity contribution in [2.45, 2.75) is 44.9 Å². The van der Waals surface area contributed by atoms with E-state index < -0.39 is 0 Å². The number of rotatable bonds is 2. The molecule has 0 aromatic rings. The van der Waals surface area contributed by atoms with E-state index in [0.717, 1.165) is 44.1 Å². The molecule has 0 unspecified atom stereocenters. The second kappa shape index (κ2) is 3.60. The first-order valence-corrected chi connectivity index (χ1v) is 5.21. The predicted octanol–water partition coefficient (Wildman–Crippen LogP) is 3.15. The first-order chi connectivity index (χ1) is 6.29. The van der Waals surface area contributed by atoms with Crippen molar-refractivity contribution >= 4 is 5.78 Å². The van der Waals surface area contributed by atoms with Crippen LogP contribution in [0.1, 0.15) is 44.9 Å². The molecule has 2 fully saturated rings. The Morgan fingerprint density at radius 3 is 2.31 bits per heavy atom. The Morgan fingerprint density at radius 2 is 1.77 bits per heavy atom. The summed E-state index contributed by atoms with van der Waals surface area (Å²) < 4.78 is 13.5. The molecule has 0 bridgehead atoms. The van der Waals surface area contributed by atoms with Crippen LogP contribution in [0.25, 0.3) is 0 Å². The van der Waals surface area contributed by atoms with Crippen LogP contribution < -0.4 is 0 Å². The average molecular weight is 182 g/mol. The van der Waals surface area contributed by atoms with Crippen LogP contribution in [-0.4, -0.2) is 5.78 Å². The minimum atomic E-state index is -0.387. The molecule has 0 amide bonds. The van der Waals surface area contributed by atoms with E-state index in [-0.39, 0.29) is 17.5 Å². The summed E-state index contributed by atoms with van der Waals surface area (Å²) in [6, 6.07) is 0. The fraction of sp³-hybridized carbons (Fsp3) is 0.727. The molecule has 72 valence electrons. The zero-order valence-corrected chi connectivity index (χ0v) is 7.81. The normalized spacial score (nSPS) is 23.0. The highest BCUT2D eigenvalue weighted by Gasteiger charge is 2.33. The van der Waals surface area contributed by atoms with Crippen LogP contribution in [0.2, 0.25) is 0 Å². The van der Waals surface area contributed by atoms with Gasteiger partial charge in [-0.05, 0) is 44.1 Å². The minimum Gasteiger partial charge on any atom is -0.291 e. The highest BCUT2D eigenvalue weighted by Crippen LogP contribution is 2.35. The third-order valence-electron chi connectivity index (χ3n) is 2.93. The fourth-order valence-corrected chi connectivity index (χ4v) is 1.90. The van der Waals surface area contributed by atoms with Gasteiger partial charge < -0.3 is 0 Å². The summed E-state index contributed by atoms with van der Waals surface area (Å²) >= 11 is 0. The van der Waals surface area contributed by atoms with Gasteiger partial charge in [0.2, 0.25) is 0 Å². The van der Waals surface area contributed by atoms with Crippen LogP contribution in [0, 0.1) is 5.92 Å². The summed E-state index contributed by atoms with van der Waals surface area (Å²) in [6.07, 6.45) is 6.73. The second-order valence-electron chi connectivity index (χ2n) is 4.12. The molecule has 13 heavy (non-hydrogen) atoms. The number of Topliss-reactive ketones (excluding diaryl/α,β-unsaturated/α-hetero) is 1. The summed E-state index contributed by atoms with van der Waals surface area (Å²) in [4.78, 5) is 11.4. The quantitative estimate of drug-likeness (QED) is 0.599. The molecule has 0 radical (unpaired) electrons. The first-order valence-electron chi connectivity index (χ1n) is 5.21. The van der Waals surface area contributed by atoms with Gasteiger partial charge in [0.05, 0.1) is 0 Å². The average Bonchev–Trinajstić information content (AvgIpc) is 3.00. The molecule has 2 heteroatoms. The van der Waals surface area contributed by atoms with E-state index in [1.165, 1.54) is 6.42 Å². The Kier molecular flexibility index (Phi) is 2.47. The summed E-state index contributed by atoms with van der Waals surface area (Å²) in [5.41, 5.74) is 0.795. The van der Waals surface area contributed by atoms with Crippen molar-refractivity contribution in [2.75, 3.05) is 0 Å². The van der Waals surface area contributed by atoms with Crippen LogP contribution in [0.5, 0.6) is 0 Å². The van der Waals surface area contributed by atoms with Crippen molar-refractivity contribution in [3.63, 3.8) is 0 Å². The molecule has 0 spiro atoms.